The van der Waals surface area contributed by atoms with Gasteiger partial charge in [0.1, 0.15) is 0 Å². The molecule has 2 aliphatic rings. The molecule has 0 radical (unpaired) electrons. The lowest BCUT2D eigenvalue weighted by molar-refractivity contribution is -0.110. The van der Waals surface area contributed by atoms with Crippen LogP contribution in [0.25, 0.3) is 0 Å². The van der Waals surface area contributed by atoms with E-state index in [9.17, 15) is 4.79 Å². The number of ketones is 1. The Morgan fingerprint density at radius 2 is 1.54 bits per heavy atom. The zero-order valence-electron chi connectivity index (χ0n) is 20.0. The van der Waals surface area contributed by atoms with E-state index in [1.165, 1.54) is 17.3 Å². The molecule has 0 saturated carbocycles. The summed E-state index contributed by atoms with van der Waals surface area (Å²) in [6.07, 6.45) is 1.47. The average Bonchev–Trinajstić information content (AvgIpc) is 3.25. The highest BCUT2D eigenvalue weighted by Gasteiger charge is 2.52. The number of benzene rings is 3. The summed E-state index contributed by atoms with van der Waals surface area (Å²) in [7, 11) is 0. The molecule has 0 aliphatic carbocycles. The predicted molar refractivity (Wildman–Crippen MR) is 148 cm³/mol. The Hall–Kier alpha value is -3.09. The molecule has 5 nitrogen and oxygen atoms in total. The van der Waals surface area contributed by atoms with Crippen molar-refractivity contribution in [3.63, 3.8) is 0 Å². The van der Waals surface area contributed by atoms with E-state index < -0.39 is 4.99 Å². The van der Waals surface area contributed by atoms with Crippen molar-refractivity contribution in [1.82, 2.24) is 0 Å². The third-order valence-corrected chi connectivity index (χ3v) is 8.00. The summed E-state index contributed by atoms with van der Waals surface area (Å²) in [6, 6.07) is 26.3. The van der Waals surface area contributed by atoms with Gasteiger partial charge in [0.2, 0.25) is 4.99 Å². The minimum Gasteiger partial charge on any atom is -0.292 e. The molecule has 2 aliphatic heterocycles. The van der Waals surface area contributed by atoms with E-state index in [1.807, 2.05) is 64.6 Å². The molecule has 1 spiro atoms. The Morgan fingerprint density at radius 1 is 0.914 bits per heavy atom. The molecule has 2 heterocycles. The van der Waals surface area contributed by atoms with Crippen LogP contribution in [0.2, 0.25) is 5.02 Å². The second-order valence-electron chi connectivity index (χ2n) is 9.07. The summed E-state index contributed by atoms with van der Waals surface area (Å²) in [5.74, 6) is 0.421. The highest BCUT2D eigenvalue weighted by Crippen LogP contribution is 2.50. The van der Waals surface area contributed by atoms with Gasteiger partial charge >= 0.3 is 0 Å². The molecule has 0 unspecified atom stereocenters. The van der Waals surface area contributed by atoms with Crippen LogP contribution in [0.4, 0.5) is 11.4 Å². The van der Waals surface area contributed by atoms with Crippen molar-refractivity contribution in [2.24, 2.45) is 10.2 Å². The number of hydrogen-bond acceptors (Lipinski definition) is 6. The molecule has 0 aromatic heterocycles. The van der Waals surface area contributed by atoms with Crippen molar-refractivity contribution in [2.75, 3.05) is 10.0 Å². The number of anilines is 2. The quantitative estimate of drug-likeness (QED) is 0.368. The fourth-order valence-electron chi connectivity index (χ4n) is 4.39. The number of rotatable bonds is 5. The smallest absolute Gasteiger partial charge is 0.208 e. The first kappa shape index (κ1) is 23.6. The number of carbonyl (C=O) groups is 1. The topological polar surface area (TPSA) is 48.3 Å². The number of para-hydroxylation sites is 1. The number of Topliss-reactive ketones (excluding diaryl/α,β-unsaturated/α-hetero) is 1. The molecule has 5 rings (SSSR count). The summed E-state index contributed by atoms with van der Waals surface area (Å²) < 4.78 is 0. The molecular formula is C28H27ClN4OS. The van der Waals surface area contributed by atoms with Crippen molar-refractivity contribution >= 4 is 51.3 Å². The summed E-state index contributed by atoms with van der Waals surface area (Å²) >= 11 is 7.64. The third kappa shape index (κ3) is 4.48. The number of hydrogen-bond donors (Lipinski definition) is 0. The molecule has 0 amide bonds. The first-order valence-corrected chi connectivity index (χ1v) is 12.9. The maximum Gasteiger partial charge on any atom is 0.208 e. The molecule has 178 valence electrons. The number of carbonyl (C=O) groups excluding carboxylic acids is 1. The summed E-state index contributed by atoms with van der Waals surface area (Å²) in [6.45, 7) is 5.96. The molecular weight excluding hydrogens is 476 g/mol. The Kier molecular flexibility index (Phi) is 6.43. The second-order valence-corrected chi connectivity index (χ2v) is 10.7. The van der Waals surface area contributed by atoms with Crippen molar-refractivity contribution in [3.8, 4) is 0 Å². The highest BCUT2D eigenvalue weighted by molar-refractivity contribution is 8.17. The van der Waals surface area contributed by atoms with E-state index in [2.05, 4.69) is 38.1 Å². The normalized spacial score (nSPS) is 19.8. The van der Waals surface area contributed by atoms with E-state index in [4.69, 9.17) is 21.8 Å². The molecule has 7 heteroatoms. The summed E-state index contributed by atoms with van der Waals surface area (Å²) in [5, 5.41) is 15.1. The lowest BCUT2D eigenvalue weighted by atomic mass is 9.97. The molecule has 35 heavy (non-hydrogen) atoms. The maximum absolute atomic E-state index is 12.5. The maximum atomic E-state index is 12.5. The number of halogens is 1. The van der Waals surface area contributed by atoms with Crippen LogP contribution in [0.3, 0.4) is 0 Å². The van der Waals surface area contributed by atoms with Crippen molar-refractivity contribution < 1.29 is 4.79 Å². The predicted octanol–water partition coefficient (Wildman–Crippen LogP) is 7.28. The first-order valence-electron chi connectivity index (χ1n) is 11.7. The van der Waals surface area contributed by atoms with Crippen LogP contribution < -0.4 is 10.0 Å². The van der Waals surface area contributed by atoms with E-state index in [0.29, 0.717) is 16.0 Å². The Bertz CT molecular complexity index is 1290. The third-order valence-electron chi connectivity index (χ3n) is 6.30. The standard InChI is InChI=1S/C28H27ClN4OS/c1-19(2)21-9-11-22(12-10-21)26-17-18-28(32(30-26)24-7-5-4-6-8-24)33(31-27(35-28)20(3)34)25-15-13-23(29)14-16-25/h4-16,19H,17-18H2,1-3H3/t28-/m0/s1. The van der Waals surface area contributed by atoms with Crippen LogP contribution in [-0.4, -0.2) is 21.5 Å². The summed E-state index contributed by atoms with van der Waals surface area (Å²) in [5.41, 5.74) is 5.23. The monoisotopic (exact) mass is 502 g/mol. The van der Waals surface area contributed by atoms with Crippen molar-refractivity contribution in [2.45, 2.75) is 44.5 Å². The van der Waals surface area contributed by atoms with Crippen LogP contribution in [0.5, 0.6) is 0 Å². The van der Waals surface area contributed by atoms with Gasteiger partial charge in [-0.15, -0.1) is 0 Å². The number of nitrogens with zero attached hydrogens (tertiary/aromatic N) is 4. The van der Waals surface area contributed by atoms with E-state index >= 15 is 0 Å². The zero-order valence-corrected chi connectivity index (χ0v) is 21.6. The van der Waals surface area contributed by atoms with Gasteiger partial charge in [0.15, 0.2) is 10.8 Å². The fraction of sp³-hybridized carbons (Fsp3) is 0.250. The average molecular weight is 503 g/mol. The van der Waals surface area contributed by atoms with Gasteiger partial charge in [-0.25, -0.2) is 10.0 Å². The lowest BCUT2D eigenvalue weighted by Crippen LogP contribution is -2.56. The molecule has 0 bridgehead atoms. The van der Waals surface area contributed by atoms with Crippen LogP contribution in [-0.2, 0) is 4.79 Å². The van der Waals surface area contributed by atoms with Gasteiger partial charge < -0.3 is 0 Å². The van der Waals surface area contributed by atoms with E-state index in [0.717, 1.165) is 35.5 Å². The van der Waals surface area contributed by atoms with Gasteiger partial charge in [-0.2, -0.15) is 10.2 Å². The van der Waals surface area contributed by atoms with Gasteiger partial charge in [-0.05, 0) is 71.6 Å². The minimum atomic E-state index is -0.711. The Labute approximate surface area is 215 Å². The minimum absolute atomic E-state index is 0.0575. The molecule has 0 N–H and O–H groups in total. The molecule has 0 saturated heterocycles. The van der Waals surface area contributed by atoms with Gasteiger partial charge in [-0.1, -0.05) is 67.9 Å². The fourth-order valence-corrected chi connectivity index (χ4v) is 5.76. The highest BCUT2D eigenvalue weighted by atomic mass is 35.5. The Balaban J connectivity index is 1.63. The molecule has 1 atom stereocenters. The van der Waals surface area contributed by atoms with Gasteiger partial charge in [-0.3, -0.25) is 4.79 Å². The summed E-state index contributed by atoms with van der Waals surface area (Å²) in [4.78, 5) is 11.8. The zero-order chi connectivity index (χ0) is 24.6. The van der Waals surface area contributed by atoms with Crippen LogP contribution in [0.1, 0.15) is 50.7 Å². The molecule has 3 aromatic carbocycles. The largest absolute Gasteiger partial charge is 0.292 e. The van der Waals surface area contributed by atoms with Crippen LogP contribution >= 0.6 is 23.4 Å². The first-order chi connectivity index (χ1) is 16.9. The van der Waals surface area contributed by atoms with E-state index in [-0.39, 0.29) is 5.78 Å². The van der Waals surface area contributed by atoms with Crippen LogP contribution in [0, 0.1) is 0 Å². The Morgan fingerprint density at radius 3 is 2.17 bits per heavy atom. The van der Waals surface area contributed by atoms with Gasteiger partial charge in [0, 0.05) is 18.4 Å². The van der Waals surface area contributed by atoms with Crippen molar-refractivity contribution in [1.29, 1.82) is 0 Å². The number of thioether (sulfide) groups is 1. The molecule has 0 fully saturated rings. The number of hydrazone groups is 2. The van der Waals surface area contributed by atoms with Gasteiger partial charge in [0.05, 0.1) is 17.1 Å². The molecule has 3 aromatic rings. The SMILES string of the molecule is CC(=O)C1=NN(c2ccc(Cl)cc2)[C@@]2(CCC(c3ccc(C(C)C)cc3)=NN2c2ccccc2)S1. The van der Waals surface area contributed by atoms with Gasteiger partial charge in [0.25, 0.3) is 0 Å². The van der Waals surface area contributed by atoms with Crippen LogP contribution in [0.15, 0.2) is 89.1 Å². The van der Waals surface area contributed by atoms with E-state index in [1.54, 1.807) is 6.92 Å². The second kappa shape index (κ2) is 9.51. The van der Waals surface area contributed by atoms with Crippen molar-refractivity contribution in [3.05, 3.63) is 95.0 Å². The lowest BCUT2D eigenvalue weighted by Gasteiger charge is -2.46.